The summed E-state index contributed by atoms with van der Waals surface area (Å²) in [4.78, 5) is 58.4. The molecule has 18 heteroatoms. The summed E-state index contributed by atoms with van der Waals surface area (Å²) in [6, 6.07) is 19.0. The molecule has 324 valence electrons. The number of halogens is 1. The molecule has 61 heavy (non-hydrogen) atoms. The topological polar surface area (TPSA) is 197 Å². The molecule has 3 aromatic carbocycles. The lowest BCUT2D eigenvalue weighted by Crippen LogP contribution is -2.48. The molecule has 16 nitrogen and oxygen atoms in total. The summed E-state index contributed by atoms with van der Waals surface area (Å²) in [5.74, 6) is -2.68. The molecule has 0 saturated carbocycles. The van der Waals surface area contributed by atoms with Crippen molar-refractivity contribution in [2.24, 2.45) is 5.92 Å². The van der Waals surface area contributed by atoms with Crippen molar-refractivity contribution in [3.63, 3.8) is 0 Å². The summed E-state index contributed by atoms with van der Waals surface area (Å²) in [7, 11) is -2.40. The Morgan fingerprint density at radius 3 is 2.16 bits per heavy atom. The first-order valence-corrected chi connectivity index (χ1v) is 21.2. The first kappa shape index (κ1) is 45.5. The fourth-order valence-corrected chi connectivity index (χ4v) is 6.59. The summed E-state index contributed by atoms with van der Waals surface area (Å²) in [5.41, 5.74) is 2.16. The average Bonchev–Trinajstić information content (AvgIpc) is 3.61. The van der Waals surface area contributed by atoms with Crippen molar-refractivity contribution in [1.82, 2.24) is 19.9 Å². The molecule has 0 radical (unpaired) electrons. The van der Waals surface area contributed by atoms with Crippen LogP contribution in [0.25, 0.3) is 16.8 Å². The van der Waals surface area contributed by atoms with Crippen molar-refractivity contribution < 1.29 is 50.9 Å². The summed E-state index contributed by atoms with van der Waals surface area (Å²) < 4.78 is 61.6. The maximum atomic E-state index is 14.1. The molecular weight excluding hydrogens is 812 g/mol. The average molecular weight is 861 g/mol. The molecule has 5 aromatic rings. The maximum absolute atomic E-state index is 14.1. The first-order chi connectivity index (χ1) is 28.7. The van der Waals surface area contributed by atoms with Gasteiger partial charge in [0.2, 0.25) is 12.2 Å². The molecule has 2 N–H and O–H groups in total. The Morgan fingerprint density at radius 2 is 1.56 bits per heavy atom. The second-order valence-electron chi connectivity index (χ2n) is 15.3. The Bertz CT molecular complexity index is 2510. The summed E-state index contributed by atoms with van der Waals surface area (Å²) in [5, 5.41) is 9.97. The largest absolute Gasteiger partial charge is 0.495 e. The van der Waals surface area contributed by atoms with Gasteiger partial charge >= 0.3 is 18.2 Å². The minimum atomic E-state index is -3.69. The molecule has 0 fully saturated rings. The van der Waals surface area contributed by atoms with Crippen molar-refractivity contribution in [1.29, 1.82) is 0 Å². The van der Waals surface area contributed by atoms with Gasteiger partial charge in [-0.3, -0.25) is 4.79 Å². The number of carbonyl (C=O) groups is 4. The van der Waals surface area contributed by atoms with Crippen LogP contribution in [0.5, 0.6) is 5.75 Å². The number of carbonyl (C=O) groups excluding carboxylic acids is 4. The molecule has 4 atom stereocenters. The van der Waals surface area contributed by atoms with Crippen LogP contribution in [0.1, 0.15) is 66.4 Å². The van der Waals surface area contributed by atoms with Crippen LogP contribution >= 0.6 is 0 Å². The summed E-state index contributed by atoms with van der Waals surface area (Å²) in [6.45, 7) is 11.7. The maximum Gasteiger partial charge on any atom is 0.424 e. The zero-order chi connectivity index (χ0) is 44.8. The lowest BCUT2D eigenvalue weighted by atomic mass is 9.99. The smallest absolute Gasteiger partial charge is 0.424 e. The number of pyridine rings is 1. The Morgan fingerprint density at radius 1 is 0.902 bits per heavy atom. The van der Waals surface area contributed by atoms with E-state index in [1.165, 1.54) is 48.9 Å². The lowest BCUT2D eigenvalue weighted by Gasteiger charge is -2.27. The van der Waals surface area contributed by atoms with E-state index in [0.717, 1.165) is 16.7 Å². The monoisotopic (exact) mass is 860 g/mol. The number of alkyl carbamates (subject to hydrolysis) is 1. The zero-order valence-electron chi connectivity index (χ0n) is 35.3. The number of esters is 1. The number of anilines is 3. The molecule has 0 saturated heterocycles. The predicted octanol–water partition coefficient (Wildman–Crippen LogP) is 7.79. The number of nitrogens with zero attached hydrogens (tertiary/aromatic N) is 4. The number of sulfone groups is 1. The van der Waals surface area contributed by atoms with Crippen LogP contribution in [-0.2, 0) is 33.6 Å². The minimum Gasteiger partial charge on any atom is -0.495 e. The highest BCUT2D eigenvalue weighted by Crippen LogP contribution is 2.36. The number of amides is 3. The van der Waals surface area contributed by atoms with Crippen LogP contribution in [0, 0.1) is 11.7 Å². The highest BCUT2D eigenvalue weighted by molar-refractivity contribution is 7.90. The third-order valence-electron chi connectivity index (χ3n) is 9.46. The molecule has 5 rings (SSSR count). The van der Waals surface area contributed by atoms with Gasteiger partial charge in [0.05, 0.1) is 23.6 Å². The third-order valence-corrected chi connectivity index (χ3v) is 10.6. The van der Waals surface area contributed by atoms with Gasteiger partial charge in [-0.2, -0.15) is 4.98 Å². The standard InChI is InChI=1S/C43H49FN6O10S/c1-10-25(2)37(47-41(53)60-43(5,6)7)39(52)58-27(4)59-42(54)50(34-21-20-33(61(9,55)56)23-35(34)57-8)40-46-36-22-15-30(24-49(36)48-40)29-13-18-32(19-14-29)45-38(51)26(3)28-11-16-31(44)17-12-28/h11-27,37H,10H2,1-9H3,(H,45,51)(H,47,53)/t25-,26+,27?,37-/m0/s1. The Kier molecular flexibility index (Phi) is 14.0. The second kappa shape index (κ2) is 18.8. The van der Waals surface area contributed by atoms with Crippen molar-refractivity contribution >= 4 is 56.9 Å². The van der Waals surface area contributed by atoms with Crippen LogP contribution < -0.4 is 20.3 Å². The Labute approximate surface area is 353 Å². The second-order valence-corrected chi connectivity index (χ2v) is 17.3. The van der Waals surface area contributed by atoms with Gasteiger partial charge in [-0.05, 0) is 93.3 Å². The minimum absolute atomic E-state index is 0.00464. The number of rotatable bonds is 14. The highest BCUT2D eigenvalue weighted by atomic mass is 32.2. The fourth-order valence-electron chi connectivity index (χ4n) is 5.96. The SMILES string of the molecule is CC[C@H](C)[C@H](NC(=O)OC(C)(C)C)C(=O)OC(C)OC(=O)N(c1nc2ccc(-c3ccc(NC(=O)[C@H](C)c4ccc(F)cc4)cc3)cn2n1)c1ccc(S(C)(=O)=O)cc1OC. The van der Waals surface area contributed by atoms with Crippen LogP contribution in [0.2, 0.25) is 0 Å². The van der Waals surface area contributed by atoms with Crippen molar-refractivity contribution in [2.75, 3.05) is 23.6 Å². The summed E-state index contributed by atoms with van der Waals surface area (Å²) in [6.07, 6.45) is -0.265. The van der Waals surface area contributed by atoms with Crippen molar-refractivity contribution in [2.45, 2.75) is 83.6 Å². The van der Waals surface area contributed by atoms with E-state index in [2.05, 4.69) is 20.7 Å². The van der Waals surface area contributed by atoms with Gasteiger partial charge in [0.25, 0.3) is 5.95 Å². The number of ether oxygens (including phenoxy) is 4. The quantitative estimate of drug-likeness (QED) is 0.0813. The Balaban J connectivity index is 1.41. The first-order valence-electron chi connectivity index (χ1n) is 19.3. The van der Waals surface area contributed by atoms with Gasteiger partial charge < -0.3 is 29.6 Å². The van der Waals surface area contributed by atoms with E-state index in [1.54, 1.807) is 89.3 Å². The number of fused-ring (bicyclic) bond motifs is 1. The number of nitrogens with one attached hydrogen (secondary N) is 2. The number of benzene rings is 3. The van der Waals surface area contributed by atoms with Gasteiger partial charge in [-0.1, -0.05) is 44.5 Å². The van der Waals surface area contributed by atoms with Gasteiger partial charge in [0.15, 0.2) is 15.5 Å². The Hall–Kier alpha value is -6.56. The lowest BCUT2D eigenvalue weighted by molar-refractivity contribution is -0.168. The van der Waals surface area contributed by atoms with Crippen LogP contribution in [0.4, 0.5) is 31.3 Å². The fraction of sp³-hybridized carbons (Fsp3) is 0.349. The number of methoxy groups -OCH3 is 1. The van der Waals surface area contributed by atoms with E-state index in [1.807, 2.05) is 6.92 Å². The molecule has 2 aromatic heterocycles. The van der Waals surface area contributed by atoms with E-state index in [4.69, 9.17) is 18.9 Å². The predicted molar refractivity (Wildman–Crippen MR) is 225 cm³/mol. The van der Waals surface area contributed by atoms with E-state index >= 15 is 0 Å². The van der Waals surface area contributed by atoms with E-state index in [-0.39, 0.29) is 39.9 Å². The van der Waals surface area contributed by atoms with E-state index < -0.39 is 51.8 Å². The zero-order valence-corrected chi connectivity index (χ0v) is 36.1. The molecule has 0 spiro atoms. The molecular formula is C43H49FN6O10S. The van der Waals surface area contributed by atoms with Crippen molar-refractivity contribution in [3.05, 3.63) is 96.4 Å². The molecule has 0 bridgehead atoms. The number of aromatic nitrogens is 3. The molecule has 3 amide bonds. The van der Waals surface area contributed by atoms with Crippen LogP contribution in [0.15, 0.2) is 90.0 Å². The van der Waals surface area contributed by atoms with Gasteiger partial charge in [0, 0.05) is 36.7 Å². The van der Waals surface area contributed by atoms with E-state index in [9.17, 15) is 32.0 Å². The van der Waals surface area contributed by atoms with Gasteiger partial charge in [-0.25, -0.2) is 36.6 Å². The van der Waals surface area contributed by atoms with Gasteiger partial charge in [-0.15, -0.1) is 5.10 Å². The normalized spacial score (nSPS) is 13.6. The molecule has 0 aliphatic heterocycles. The number of hydrogen-bond donors (Lipinski definition) is 2. The van der Waals surface area contributed by atoms with Crippen LogP contribution in [0.3, 0.4) is 0 Å². The number of hydrogen-bond acceptors (Lipinski definition) is 12. The van der Waals surface area contributed by atoms with Crippen LogP contribution in [-0.4, -0.2) is 78.4 Å². The summed E-state index contributed by atoms with van der Waals surface area (Å²) >= 11 is 0. The molecule has 2 heterocycles. The molecule has 0 aliphatic rings. The van der Waals surface area contributed by atoms with Crippen molar-refractivity contribution in [3.8, 4) is 16.9 Å². The molecule has 0 aliphatic carbocycles. The molecule has 1 unspecified atom stereocenters. The third kappa shape index (κ3) is 11.6. The highest BCUT2D eigenvalue weighted by Gasteiger charge is 2.34. The van der Waals surface area contributed by atoms with Gasteiger partial charge in [0.1, 0.15) is 23.2 Å². The van der Waals surface area contributed by atoms with E-state index in [0.29, 0.717) is 28.9 Å².